The van der Waals surface area contributed by atoms with Gasteiger partial charge in [-0.1, -0.05) is 12.2 Å². The normalized spacial score (nSPS) is 23.9. The van der Waals surface area contributed by atoms with Crippen molar-refractivity contribution in [2.24, 2.45) is 0 Å². The van der Waals surface area contributed by atoms with Gasteiger partial charge in [0, 0.05) is 18.8 Å². The Morgan fingerprint density at radius 2 is 2.25 bits per heavy atom. The van der Waals surface area contributed by atoms with Gasteiger partial charge in [0.25, 0.3) is 0 Å². The molecule has 0 radical (unpaired) electrons. The summed E-state index contributed by atoms with van der Waals surface area (Å²) in [6.07, 6.45) is 6.99. The maximum absolute atomic E-state index is 5.97. The summed E-state index contributed by atoms with van der Waals surface area (Å²) in [5.74, 6) is 0.694. The summed E-state index contributed by atoms with van der Waals surface area (Å²) in [7, 11) is 2.20. The first-order chi connectivity index (χ1) is 7.74. The van der Waals surface area contributed by atoms with Crippen LogP contribution in [0.2, 0.25) is 0 Å². The molecule has 1 aromatic rings. The molecule has 2 aliphatic rings. The number of hydrogen-bond acceptors (Lipinski definition) is 2. The molecule has 16 heavy (non-hydrogen) atoms. The summed E-state index contributed by atoms with van der Waals surface area (Å²) in [6, 6.07) is 4.28. The van der Waals surface area contributed by atoms with E-state index in [1.54, 1.807) is 5.56 Å². The van der Waals surface area contributed by atoms with Gasteiger partial charge >= 0.3 is 0 Å². The zero-order valence-electron chi connectivity index (χ0n) is 9.74. The largest absolute Gasteiger partial charge is 0.399 e. The molecule has 1 unspecified atom stereocenters. The van der Waals surface area contributed by atoms with Crippen molar-refractivity contribution >= 4 is 11.8 Å². The van der Waals surface area contributed by atoms with Gasteiger partial charge < -0.3 is 10.6 Å². The van der Waals surface area contributed by atoms with E-state index >= 15 is 0 Å². The first-order valence-corrected chi connectivity index (χ1v) is 6.01. The first kappa shape index (κ1) is 9.91. The molecule has 0 saturated heterocycles. The van der Waals surface area contributed by atoms with E-state index in [2.05, 4.69) is 36.2 Å². The number of anilines is 1. The van der Waals surface area contributed by atoms with Crippen molar-refractivity contribution in [1.29, 1.82) is 0 Å². The molecule has 1 aliphatic heterocycles. The highest BCUT2D eigenvalue weighted by atomic mass is 15.1. The number of nitrogens with zero attached hydrogens (tertiary/aromatic N) is 1. The second kappa shape index (κ2) is 3.63. The van der Waals surface area contributed by atoms with Gasteiger partial charge in [-0.3, -0.25) is 0 Å². The monoisotopic (exact) mass is 214 g/mol. The lowest BCUT2D eigenvalue weighted by Gasteiger charge is -2.33. The molecule has 3 rings (SSSR count). The van der Waals surface area contributed by atoms with Crippen molar-refractivity contribution in [3.63, 3.8) is 0 Å². The number of benzene rings is 1. The zero-order valence-corrected chi connectivity index (χ0v) is 9.74. The van der Waals surface area contributed by atoms with Gasteiger partial charge in [-0.25, -0.2) is 0 Å². The van der Waals surface area contributed by atoms with Crippen molar-refractivity contribution in [3.8, 4) is 0 Å². The van der Waals surface area contributed by atoms with Gasteiger partial charge in [-0.2, -0.15) is 0 Å². The molecule has 0 aromatic heterocycles. The predicted molar refractivity (Wildman–Crippen MR) is 68.2 cm³/mol. The molecule has 84 valence electrons. The minimum atomic E-state index is 0.694. The molecule has 0 fully saturated rings. The molecule has 2 heteroatoms. The first-order valence-electron chi connectivity index (χ1n) is 6.01. The number of rotatable bonds is 0. The standard InChI is InChI=1S/C14H18N2/c1-16-8-11-5-3-2-4-10-6-13(15)7-12(9-16)14(10)11/h2,4,6-7,11H,3,5,8-9,15H2,1H3. The third-order valence-electron chi connectivity index (χ3n) is 3.68. The van der Waals surface area contributed by atoms with E-state index < -0.39 is 0 Å². The van der Waals surface area contributed by atoms with Crippen LogP contribution >= 0.6 is 0 Å². The molecular formula is C14H18N2. The van der Waals surface area contributed by atoms with Gasteiger partial charge in [-0.15, -0.1) is 0 Å². The molecule has 0 bridgehead atoms. The van der Waals surface area contributed by atoms with Gasteiger partial charge in [0.15, 0.2) is 0 Å². The van der Waals surface area contributed by atoms with E-state index in [4.69, 9.17) is 5.73 Å². The summed E-state index contributed by atoms with van der Waals surface area (Å²) < 4.78 is 0. The highest BCUT2D eigenvalue weighted by Crippen LogP contribution is 2.37. The summed E-state index contributed by atoms with van der Waals surface area (Å²) in [5, 5.41) is 0. The lowest BCUT2D eigenvalue weighted by Crippen LogP contribution is -2.30. The molecule has 1 heterocycles. The topological polar surface area (TPSA) is 29.3 Å². The molecule has 1 aromatic carbocycles. The van der Waals surface area contributed by atoms with Crippen LogP contribution in [0.1, 0.15) is 35.4 Å². The van der Waals surface area contributed by atoms with Crippen molar-refractivity contribution in [3.05, 3.63) is 34.9 Å². The predicted octanol–water partition coefficient (Wildman–Crippen LogP) is 2.60. The SMILES string of the molecule is CN1Cc2cc(N)cc3c2C(CCC=C3)C1. The maximum atomic E-state index is 5.97. The van der Waals surface area contributed by atoms with E-state index in [0.29, 0.717) is 5.92 Å². The van der Waals surface area contributed by atoms with Gasteiger partial charge in [-0.05, 0) is 54.6 Å². The van der Waals surface area contributed by atoms with Crippen LogP contribution in [0, 0.1) is 0 Å². The summed E-state index contributed by atoms with van der Waals surface area (Å²) >= 11 is 0. The fourth-order valence-corrected chi connectivity index (χ4v) is 3.10. The van der Waals surface area contributed by atoms with E-state index in [-0.39, 0.29) is 0 Å². The lowest BCUT2D eigenvalue weighted by molar-refractivity contribution is 0.275. The van der Waals surface area contributed by atoms with Crippen molar-refractivity contribution in [2.45, 2.75) is 25.3 Å². The Labute approximate surface area is 96.7 Å². The minimum Gasteiger partial charge on any atom is -0.399 e. The Morgan fingerprint density at radius 1 is 1.38 bits per heavy atom. The molecular weight excluding hydrogens is 196 g/mol. The molecule has 1 aliphatic carbocycles. The van der Waals surface area contributed by atoms with Crippen LogP contribution in [-0.4, -0.2) is 18.5 Å². The Kier molecular flexibility index (Phi) is 2.25. The van der Waals surface area contributed by atoms with Crippen molar-refractivity contribution in [2.75, 3.05) is 19.3 Å². The van der Waals surface area contributed by atoms with E-state index in [9.17, 15) is 0 Å². The second-order valence-electron chi connectivity index (χ2n) is 5.06. The Hall–Kier alpha value is -1.28. The Balaban J connectivity index is 2.19. The number of nitrogens with two attached hydrogens (primary N) is 1. The molecule has 2 nitrogen and oxygen atoms in total. The third-order valence-corrected chi connectivity index (χ3v) is 3.68. The fourth-order valence-electron chi connectivity index (χ4n) is 3.10. The van der Waals surface area contributed by atoms with E-state index in [1.165, 1.54) is 30.5 Å². The van der Waals surface area contributed by atoms with Crippen LogP contribution in [0.3, 0.4) is 0 Å². The van der Waals surface area contributed by atoms with Crippen molar-refractivity contribution < 1.29 is 0 Å². The molecule has 1 atom stereocenters. The smallest absolute Gasteiger partial charge is 0.0323 e. The van der Waals surface area contributed by atoms with Crippen LogP contribution in [0.4, 0.5) is 5.69 Å². The second-order valence-corrected chi connectivity index (χ2v) is 5.06. The van der Waals surface area contributed by atoms with Gasteiger partial charge in [0.05, 0.1) is 0 Å². The van der Waals surface area contributed by atoms with Crippen LogP contribution in [0.25, 0.3) is 6.08 Å². The van der Waals surface area contributed by atoms with Crippen molar-refractivity contribution in [1.82, 2.24) is 4.90 Å². The minimum absolute atomic E-state index is 0.694. The number of allylic oxidation sites excluding steroid dienone is 1. The summed E-state index contributed by atoms with van der Waals surface area (Å²) in [4.78, 5) is 2.40. The average molecular weight is 214 g/mol. The molecule has 2 N–H and O–H groups in total. The molecule has 0 amide bonds. The number of nitrogen functional groups attached to an aromatic ring is 1. The highest BCUT2D eigenvalue weighted by molar-refractivity contribution is 5.64. The maximum Gasteiger partial charge on any atom is 0.0323 e. The quantitative estimate of drug-likeness (QED) is 0.673. The van der Waals surface area contributed by atoms with Crippen LogP contribution in [-0.2, 0) is 6.54 Å². The fraction of sp³-hybridized carbons (Fsp3) is 0.429. The molecule has 0 saturated carbocycles. The Bertz CT molecular complexity index is 448. The van der Waals surface area contributed by atoms with E-state index in [0.717, 1.165) is 12.2 Å². The number of hydrogen-bond donors (Lipinski definition) is 1. The van der Waals surface area contributed by atoms with E-state index in [1.807, 2.05) is 0 Å². The number of likely N-dealkylation sites (N-methyl/N-ethyl adjacent to an activating group) is 1. The lowest BCUT2D eigenvalue weighted by atomic mass is 9.84. The summed E-state index contributed by atoms with van der Waals surface area (Å²) in [5.41, 5.74) is 11.2. The third kappa shape index (κ3) is 1.54. The van der Waals surface area contributed by atoms with Crippen LogP contribution in [0.15, 0.2) is 18.2 Å². The van der Waals surface area contributed by atoms with Gasteiger partial charge in [0.1, 0.15) is 0 Å². The van der Waals surface area contributed by atoms with Crippen LogP contribution in [0.5, 0.6) is 0 Å². The summed E-state index contributed by atoms with van der Waals surface area (Å²) in [6.45, 7) is 2.23. The van der Waals surface area contributed by atoms with Crippen LogP contribution < -0.4 is 5.73 Å². The average Bonchev–Trinajstić information content (AvgIpc) is 2.40. The molecule has 0 spiro atoms. The van der Waals surface area contributed by atoms with Gasteiger partial charge in [0.2, 0.25) is 0 Å². The highest BCUT2D eigenvalue weighted by Gasteiger charge is 2.26. The Morgan fingerprint density at radius 3 is 3.12 bits per heavy atom. The zero-order chi connectivity index (χ0) is 11.1.